The molecule has 12 heavy (non-hydrogen) atoms. The van der Waals surface area contributed by atoms with Crippen LogP contribution in [0.4, 0.5) is 0 Å². The molecule has 0 aliphatic heterocycles. The summed E-state index contributed by atoms with van der Waals surface area (Å²) in [5, 5.41) is 8.87. The van der Waals surface area contributed by atoms with Gasteiger partial charge in [0.2, 0.25) is 5.91 Å². The Morgan fingerprint density at radius 2 is 2.25 bits per heavy atom. The average Bonchev–Trinajstić information content (AvgIpc) is 1.95. The van der Waals surface area contributed by atoms with Gasteiger partial charge in [-0.25, -0.2) is 0 Å². The zero-order valence-corrected chi connectivity index (χ0v) is 7.49. The number of hydrogen-bond acceptors (Lipinski definition) is 2. The molecular formula is C9H17NO2. The number of primary amides is 1. The maximum Gasteiger partial charge on any atom is 0.217 e. The van der Waals surface area contributed by atoms with E-state index in [0.29, 0.717) is 12.8 Å². The molecule has 0 rings (SSSR count). The lowest BCUT2D eigenvalue weighted by molar-refractivity contribution is -0.118. The van der Waals surface area contributed by atoms with Crippen molar-refractivity contribution in [1.82, 2.24) is 0 Å². The maximum atomic E-state index is 10.3. The van der Waals surface area contributed by atoms with Crippen LogP contribution in [0.3, 0.4) is 0 Å². The van der Waals surface area contributed by atoms with Gasteiger partial charge >= 0.3 is 0 Å². The molecule has 3 heteroatoms. The van der Waals surface area contributed by atoms with Crippen LogP contribution in [0.1, 0.15) is 32.6 Å². The van der Waals surface area contributed by atoms with Crippen LogP contribution < -0.4 is 5.73 Å². The van der Waals surface area contributed by atoms with Crippen molar-refractivity contribution in [3.8, 4) is 0 Å². The first-order valence-corrected chi connectivity index (χ1v) is 4.24. The number of nitrogens with two attached hydrogens (primary N) is 1. The standard InChI is InChI=1S/C9H17NO2/c1-8(11)6-4-2-3-5-7-9(10)12/h2,4,8,11H,3,5-7H2,1H3,(H2,10,12)/b4-2+/t8-/m1/s1. The summed E-state index contributed by atoms with van der Waals surface area (Å²) in [5.74, 6) is -0.251. The van der Waals surface area contributed by atoms with E-state index in [-0.39, 0.29) is 12.0 Å². The first-order chi connectivity index (χ1) is 5.63. The number of carbonyl (C=O) groups is 1. The lowest BCUT2D eigenvalue weighted by Crippen LogP contribution is -2.09. The lowest BCUT2D eigenvalue weighted by atomic mass is 10.2. The molecule has 0 aromatic heterocycles. The number of hydrogen-bond donors (Lipinski definition) is 2. The van der Waals surface area contributed by atoms with Gasteiger partial charge in [0, 0.05) is 6.42 Å². The predicted octanol–water partition coefficient (Wildman–Crippen LogP) is 0.969. The third-order valence-corrected chi connectivity index (χ3v) is 1.44. The van der Waals surface area contributed by atoms with Gasteiger partial charge in [0.1, 0.15) is 0 Å². The van der Waals surface area contributed by atoms with Crippen LogP contribution in [0, 0.1) is 0 Å². The third kappa shape index (κ3) is 9.17. The Morgan fingerprint density at radius 3 is 2.75 bits per heavy atom. The maximum absolute atomic E-state index is 10.3. The number of carbonyl (C=O) groups excluding carboxylic acids is 1. The summed E-state index contributed by atoms with van der Waals surface area (Å²) in [6.07, 6.45) is 6.38. The predicted molar refractivity (Wildman–Crippen MR) is 48.5 cm³/mol. The number of allylic oxidation sites excluding steroid dienone is 1. The molecule has 0 bridgehead atoms. The van der Waals surface area contributed by atoms with Crippen molar-refractivity contribution in [2.24, 2.45) is 5.73 Å². The van der Waals surface area contributed by atoms with Crippen molar-refractivity contribution < 1.29 is 9.90 Å². The third-order valence-electron chi connectivity index (χ3n) is 1.44. The van der Waals surface area contributed by atoms with E-state index in [4.69, 9.17) is 10.8 Å². The Kier molecular flexibility index (Phi) is 6.38. The molecule has 0 aliphatic carbocycles. The summed E-state index contributed by atoms with van der Waals surface area (Å²) in [4.78, 5) is 10.3. The second-order valence-electron chi connectivity index (χ2n) is 2.91. The highest BCUT2D eigenvalue weighted by Gasteiger charge is 1.91. The van der Waals surface area contributed by atoms with Gasteiger partial charge in [0.05, 0.1) is 6.10 Å². The highest BCUT2D eigenvalue weighted by atomic mass is 16.3. The number of aliphatic hydroxyl groups is 1. The quantitative estimate of drug-likeness (QED) is 0.462. The zero-order chi connectivity index (χ0) is 9.40. The summed E-state index contributed by atoms with van der Waals surface area (Å²) in [6.45, 7) is 1.74. The smallest absolute Gasteiger partial charge is 0.217 e. The Morgan fingerprint density at radius 1 is 1.58 bits per heavy atom. The van der Waals surface area contributed by atoms with Gasteiger partial charge in [0.25, 0.3) is 0 Å². The number of rotatable bonds is 6. The van der Waals surface area contributed by atoms with E-state index in [2.05, 4.69) is 0 Å². The van der Waals surface area contributed by atoms with Crippen molar-refractivity contribution in [3.05, 3.63) is 12.2 Å². The molecule has 1 atom stereocenters. The van der Waals surface area contributed by atoms with Crippen LogP contribution in [0.15, 0.2) is 12.2 Å². The van der Waals surface area contributed by atoms with E-state index >= 15 is 0 Å². The molecule has 0 radical (unpaired) electrons. The summed E-state index contributed by atoms with van der Waals surface area (Å²) in [7, 11) is 0. The summed E-state index contributed by atoms with van der Waals surface area (Å²) in [6, 6.07) is 0. The van der Waals surface area contributed by atoms with Gasteiger partial charge in [-0.2, -0.15) is 0 Å². The minimum Gasteiger partial charge on any atom is -0.393 e. The largest absolute Gasteiger partial charge is 0.393 e. The monoisotopic (exact) mass is 171 g/mol. The number of amides is 1. The van der Waals surface area contributed by atoms with Crippen LogP contribution in [0.5, 0.6) is 0 Å². The highest BCUT2D eigenvalue weighted by Crippen LogP contribution is 1.98. The summed E-state index contributed by atoms with van der Waals surface area (Å²) >= 11 is 0. The van der Waals surface area contributed by atoms with E-state index in [9.17, 15) is 4.79 Å². The Bertz CT molecular complexity index is 153. The van der Waals surface area contributed by atoms with Gasteiger partial charge in [-0.15, -0.1) is 0 Å². The molecular weight excluding hydrogens is 154 g/mol. The lowest BCUT2D eigenvalue weighted by Gasteiger charge is -1.96. The Labute approximate surface area is 73.3 Å². The molecule has 0 aromatic rings. The molecule has 0 saturated carbocycles. The molecule has 0 aliphatic rings. The van der Waals surface area contributed by atoms with E-state index in [1.54, 1.807) is 6.92 Å². The van der Waals surface area contributed by atoms with E-state index < -0.39 is 0 Å². The molecule has 0 heterocycles. The van der Waals surface area contributed by atoms with Crippen molar-refractivity contribution in [3.63, 3.8) is 0 Å². The average molecular weight is 171 g/mol. The molecule has 3 nitrogen and oxygen atoms in total. The van der Waals surface area contributed by atoms with Crippen LogP contribution in [0.25, 0.3) is 0 Å². The molecule has 3 N–H and O–H groups in total. The molecule has 1 amide bonds. The molecule has 0 spiro atoms. The fraction of sp³-hybridized carbons (Fsp3) is 0.667. The van der Waals surface area contributed by atoms with Crippen molar-refractivity contribution in [1.29, 1.82) is 0 Å². The van der Waals surface area contributed by atoms with Gasteiger partial charge in [-0.05, 0) is 26.2 Å². The minimum atomic E-state index is -0.280. The molecule has 0 unspecified atom stereocenters. The van der Waals surface area contributed by atoms with Crippen molar-refractivity contribution in [2.75, 3.05) is 0 Å². The SMILES string of the molecule is C[C@@H](O)C/C=C/CCCC(N)=O. The summed E-state index contributed by atoms with van der Waals surface area (Å²) in [5.41, 5.74) is 4.95. The Balaban J connectivity index is 3.19. The van der Waals surface area contributed by atoms with Gasteiger partial charge in [-0.3, -0.25) is 4.79 Å². The molecule has 0 saturated heterocycles. The molecule has 0 aromatic carbocycles. The zero-order valence-electron chi connectivity index (χ0n) is 7.49. The van der Waals surface area contributed by atoms with E-state index in [1.165, 1.54) is 0 Å². The fourth-order valence-electron chi connectivity index (χ4n) is 0.805. The Hall–Kier alpha value is -0.830. The van der Waals surface area contributed by atoms with Crippen LogP contribution in [-0.2, 0) is 4.79 Å². The number of unbranched alkanes of at least 4 members (excludes halogenated alkanes) is 1. The summed E-state index contributed by atoms with van der Waals surface area (Å²) < 4.78 is 0. The van der Waals surface area contributed by atoms with Gasteiger partial charge in [0.15, 0.2) is 0 Å². The van der Waals surface area contributed by atoms with Gasteiger partial charge in [-0.1, -0.05) is 12.2 Å². The van der Waals surface area contributed by atoms with Crippen LogP contribution in [-0.4, -0.2) is 17.1 Å². The molecule has 70 valence electrons. The number of aliphatic hydroxyl groups excluding tert-OH is 1. The fourth-order valence-corrected chi connectivity index (χ4v) is 0.805. The van der Waals surface area contributed by atoms with Crippen molar-refractivity contribution in [2.45, 2.75) is 38.7 Å². The highest BCUT2D eigenvalue weighted by molar-refractivity contribution is 5.73. The first-order valence-electron chi connectivity index (χ1n) is 4.24. The van der Waals surface area contributed by atoms with Crippen LogP contribution in [0.2, 0.25) is 0 Å². The second-order valence-corrected chi connectivity index (χ2v) is 2.91. The van der Waals surface area contributed by atoms with Gasteiger partial charge < -0.3 is 10.8 Å². The minimum absolute atomic E-state index is 0.251. The second kappa shape index (κ2) is 6.85. The first kappa shape index (κ1) is 11.2. The normalized spacial score (nSPS) is 13.5. The van der Waals surface area contributed by atoms with E-state index in [0.717, 1.165) is 12.8 Å². The molecule has 0 fully saturated rings. The topological polar surface area (TPSA) is 63.3 Å². The van der Waals surface area contributed by atoms with Crippen molar-refractivity contribution >= 4 is 5.91 Å². The van der Waals surface area contributed by atoms with E-state index in [1.807, 2.05) is 12.2 Å². The van der Waals surface area contributed by atoms with Crippen LogP contribution >= 0.6 is 0 Å².